The second-order valence-corrected chi connectivity index (χ2v) is 13.1. The topological polar surface area (TPSA) is 114 Å². The molecular formula is C37H42FN3O7S. The summed E-state index contributed by atoms with van der Waals surface area (Å²) in [4.78, 5) is 29.7. The number of methoxy groups -OCH3 is 3. The monoisotopic (exact) mass is 691 g/mol. The third-order valence-corrected chi connectivity index (χ3v) is 9.69. The van der Waals surface area contributed by atoms with Crippen LogP contribution in [0.3, 0.4) is 0 Å². The summed E-state index contributed by atoms with van der Waals surface area (Å²) in [5.41, 5.74) is 1.54. The molecule has 12 heteroatoms. The maximum Gasteiger partial charge on any atom is 0.264 e. The summed E-state index contributed by atoms with van der Waals surface area (Å²) in [5.74, 6) is -0.563. The van der Waals surface area contributed by atoms with Crippen LogP contribution < -0.4 is 23.8 Å². The van der Waals surface area contributed by atoms with E-state index in [0.717, 1.165) is 34.8 Å². The van der Waals surface area contributed by atoms with E-state index in [1.54, 1.807) is 24.3 Å². The minimum Gasteiger partial charge on any atom is -0.497 e. The highest BCUT2D eigenvalue weighted by Gasteiger charge is 2.35. The normalized spacial score (nSPS) is 11.7. The number of sulfonamides is 1. The molecule has 0 heterocycles. The highest BCUT2D eigenvalue weighted by molar-refractivity contribution is 7.92. The van der Waals surface area contributed by atoms with E-state index in [0.29, 0.717) is 23.6 Å². The summed E-state index contributed by atoms with van der Waals surface area (Å²) >= 11 is 0. The van der Waals surface area contributed by atoms with E-state index in [2.05, 4.69) is 5.32 Å². The van der Waals surface area contributed by atoms with Crippen molar-refractivity contribution >= 4 is 27.5 Å². The van der Waals surface area contributed by atoms with Gasteiger partial charge in [0, 0.05) is 25.6 Å². The van der Waals surface area contributed by atoms with Crippen LogP contribution in [0.2, 0.25) is 0 Å². The molecule has 0 radical (unpaired) electrons. The lowest BCUT2D eigenvalue weighted by Crippen LogP contribution is -2.53. The van der Waals surface area contributed by atoms with Gasteiger partial charge >= 0.3 is 0 Å². The van der Waals surface area contributed by atoms with E-state index in [-0.39, 0.29) is 35.2 Å². The first-order chi connectivity index (χ1) is 23.6. The molecule has 0 aromatic heterocycles. The first-order valence-electron chi connectivity index (χ1n) is 15.9. The van der Waals surface area contributed by atoms with Crippen molar-refractivity contribution in [1.82, 2.24) is 10.2 Å². The van der Waals surface area contributed by atoms with Crippen molar-refractivity contribution < 1.29 is 36.6 Å². The predicted molar refractivity (Wildman–Crippen MR) is 186 cm³/mol. The number of ether oxygens (including phenoxy) is 3. The molecular weight excluding hydrogens is 649 g/mol. The summed E-state index contributed by atoms with van der Waals surface area (Å²) in [6.45, 7) is 1.70. The smallest absolute Gasteiger partial charge is 0.264 e. The fourth-order valence-electron chi connectivity index (χ4n) is 5.27. The van der Waals surface area contributed by atoms with Crippen molar-refractivity contribution in [3.8, 4) is 17.2 Å². The fourth-order valence-corrected chi connectivity index (χ4v) is 6.70. The number of unbranched alkanes of at least 4 members (excludes halogenated alkanes) is 1. The Hall–Kier alpha value is -5.10. The van der Waals surface area contributed by atoms with Crippen LogP contribution in [-0.4, -0.2) is 65.6 Å². The average molecular weight is 692 g/mol. The average Bonchev–Trinajstić information content (AvgIpc) is 3.12. The van der Waals surface area contributed by atoms with Gasteiger partial charge < -0.3 is 24.4 Å². The molecule has 0 saturated carbocycles. The molecule has 0 fully saturated rings. The van der Waals surface area contributed by atoms with Crippen molar-refractivity contribution in [3.05, 3.63) is 114 Å². The van der Waals surface area contributed by atoms with Crippen LogP contribution in [0.15, 0.2) is 102 Å². The standard InChI is InChI=1S/C37H42FN3O7S/c1-5-6-21-39-37(43)33(23-27-11-8-7-9-12-27)40(25-28-13-10-14-31(22-28)46-2)36(42)26-41(30-17-15-29(38)16-18-30)49(44,45)32-19-20-34(47-3)35(24-32)48-4/h7-20,22,24,33H,5-6,21,23,25-26H2,1-4H3,(H,39,43). The Morgan fingerprint density at radius 1 is 0.816 bits per heavy atom. The Morgan fingerprint density at radius 2 is 1.51 bits per heavy atom. The van der Waals surface area contributed by atoms with Gasteiger partial charge in [-0.25, -0.2) is 12.8 Å². The first kappa shape index (κ1) is 36.7. The molecule has 4 rings (SSSR count). The number of benzene rings is 4. The van der Waals surface area contributed by atoms with Crippen molar-refractivity contribution in [2.45, 2.75) is 43.7 Å². The third kappa shape index (κ3) is 9.50. The van der Waals surface area contributed by atoms with Crippen molar-refractivity contribution in [2.75, 3.05) is 38.7 Å². The summed E-state index contributed by atoms with van der Waals surface area (Å²) < 4.78 is 59.6. The van der Waals surface area contributed by atoms with E-state index in [9.17, 15) is 22.4 Å². The molecule has 10 nitrogen and oxygen atoms in total. The van der Waals surface area contributed by atoms with Gasteiger partial charge in [0.1, 0.15) is 24.2 Å². The Morgan fingerprint density at radius 3 is 2.16 bits per heavy atom. The number of halogens is 1. The van der Waals surface area contributed by atoms with Crippen LogP contribution in [0.4, 0.5) is 10.1 Å². The van der Waals surface area contributed by atoms with Crippen LogP contribution in [0.1, 0.15) is 30.9 Å². The number of hydrogen-bond donors (Lipinski definition) is 1. The number of amides is 2. The number of anilines is 1. The minimum absolute atomic E-state index is 0.0254. The molecule has 0 aliphatic rings. The molecule has 0 bridgehead atoms. The molecule has 4 aromatic carbocycles. The number of hydrogen-bond acceptors (Lipinski definition) is 7. The van der Waals surface area contributed by atoms with Gasteiger partial charge in [-0.1, -0.05) is 55.8 Å². The fraction of sp³-hybridized carbons (Fsp3) is 0.297. The van der Waals surface area contributed by atoms with E-state index in [4.69, 9.17) is 14.2 Å². The predicted octanol–water partition coefficient (Wildman–Crippen LogP) is 5.60. The van der Waals surface area contributed by atoms with Crippen molar-refractivity contribution in [2.24, 2.45) is 0 Å². The number of nitrogens with one attached hydrogen (secondary N) is 1. The summed E-state index contributed by atoms with van der Waals surface area (Å²) in [7, 11) is -0.116. The molecule has 0 aliphatic heterocycles. The molecule has 0 spiro atoms. The van der Waals surface area contributed by atoms with E-state index in [1.165, 1.54) is 56.6 Å². The lowest BCUT2D eigenvalue weighted by molar-refractivity contribution is -0.140. The van der Waals surface area contributed by atoms with Gasteiger partial charge in [0.25, 0.3) is 10.0 Å². The third-order valence-electron chi connectivity index (χ3n) is 7.92. The van der Waals surface area contributed by atoms with Gasteiger partial charge in [-0.2, -0.15) is 0 Å². The second-order valence-electron chi connectivity index (χ2n) is 11.2. The summed E-state index contributed by atoms with van der Waals surface area (Å²) in [5, 5.41) is 2.96. The molecule has 2 amide bonds. The summed E-state index contributed by atoms with van der Waals surface area (Å²) in [6.07, 6.45) is 1.78. The van der Waals surface area contributed by atoms with Crippen molar-refractivity contribution in [3.63, 3.8) is 0 Å². The van der Waals surface area contributed by atoms with Gasteiger partial charge in [0.05, 0.1) is 31.9 Å². The number of carbonyl (C=O) groups is 2. The number of rotatable bonds is 17. The number of nitrogens with zero attached hydrogens (tertiary/aromatic N) is 2. The van der Waals surface area contributed by atoms with Gasteiger partial charge in [0.15, 0.2) is 11.5 Å². The van der Waals surface area contributed by atoms with Crippen LogP contribution in [0, 0.1) is 5.82 Å². The Labute approximate surface area is 287 Å². The lowest BCUT2D eigenvalue weighted by atomic mass is 10.0. The van der Waals surface area contributed by atoms with Crippen molar-refractivity contribution in [1.29, 1.82) is 0 Å². The molecule has 1 N–H and O–H groups in total. The zero-order valence-electron chi connectivity index (χ0n) is 28.1. The molecule has 49 heavy (non-hydrogen) atoms. The highest BCUT2D eigenvalue weighted by Crippen LogP contribution is 2.32. The van der Waals surface area contributed by atoms with Gasteiger partial charge in [-0.15, -0.1) is 0 Å². The maximum absolute atomic E-state index is 14.6. The van der Waals surface area contributed by atoms with Crippen LogP contribution in [0.5, 0.6) is 17.2 Å². The quantitative estimate of drug-likeness (QED) is 0.143. The van der Waals surface area contributed by atoms with Crippen LogP contribution in [-0.2, 0) is 32.6 Å². The van der Waals surface area contributed by atoms with Crippen LogP contribution >= 0.6 is 0 Å². The summed E-state index contributed by atoms with van der Waals surface area (Å²) in [6, 6.07) is 24.3. The molecule has 0 aliphatic carbocycles. The Balaban J connectivity index is 1.82. The molecule has 0 saturated heterocycles. The SMILES string of the molecule is CCCCNC(=O)C(Cc1ccccc1)N(Cc1cccc(OC)c1)C(=O)CN(c1ccc(F)cc1)S(=O)(=O)c1ccc(OC)c(OC)c1. The molecule has 4 aromatic rings. The second kappa shape index (κ2) is 17.3. The lowest BCUT2D eigenvalue weighted by Gasteiger charge is -2.34. The zero-order valence-corrected chi connectivity index (χ0v) is 28.9. The van der Waals surface area contributed by atoms with Gasteiger partial charge in [-0.3, -0.25) is 13.9 Å². The zero-order chi connectivity index (χ0) is 35.4. The Kier molecular flexibility index (Phi) is 13.0. The van der Waals surface area contributed by atoms with E-state index < -0.39 is 34.3 Å². The molecule has 260 valence electrons. The van der Waals surface area contributed by atoms with Crippen LogP contribution in [0.25, 0.3) is 0 Å². The molecule has 1 atom stereocenters. The number of carbonyl (C=O) groups excluding carboxylic acids is 2. The van der Waals surface area contributed by atoms with Gasteiger partial charge in [0.2, 0.25) is 11.8 Å². The van der Waals surface area contributed by atoms with E-state index >= 15 is 0 Å². The molecule has 1 unspecified atom stereocenters. The van der Waals surface area contributed by atoms with Gasteiger partial charge in [-0.05, 0) is 66.1 Å². The first-order valence-corrected chi connectivity index (χ1v) is 17.3. The highest BCUT2D eigenvalue weighted by atomic mass is 32.2. The maximum atomic E-state index is 14.6. The largest absolute Gasteiger partial charge is 0.497 e. The van der Waals surface area contributed by atoms with E-state index in [1.807, 2.05) is 37.3 Å². The minimum atomic E-state index is -4.45. The Bertz CT molecular complexity index is 1800.